The molecular formula is C8H15NO4S. The fourth-order valence-electron chi connectivity index (χ4n) is 0.668. The molecule has 0 saturated heterocycles. The average molecular weight is 221 g/mol. The van der Waals surface area contributed by atoms with E-state index in [1.54, 1.807) is 7.11 Å². The normalized spacial score (nSPS) is 9.79. The molecule has 0 saturated carbocycles. The van der Waals surface area contributed by atoms with E-state index in [2.05, 4.69) is 5.32 Å². The van der Waals surface area contributed by atoms with E-state index in [0.717, 1.165) is 0 Å². The summed E-state index contributed by atoms with van der Waals surface area (Å²) in [6.45, 7) is 0.986. The molecule has 0 bridgehead atoms. The molecule has 0 aromatic heterocycles. The average Bonchev–Trinajstić information content (AvgIpc) is 2.13. The van der Waals surface area contributed by atoms with Gasteiger partial charge < -0.3 is 15.2 Å². The first-order valence-corrected chi connectivity index (χ1v) is 5.37. The summed E-state index contributed by atoms with van der Waals surface area (Å²) < 4.78 is 4.75. The van der Waals surface area contributed by atoms with E-state index in [-0.39, 0.29) is 12.3 Å². The zero-order chi connectivity index (χ0) is 10.8. The van der Waals surface area contributed by atoms with Crippen molar-refractivity contribution in [3.05, 3.63) is 0 Å². The van der Waals surface area contributed by atoms with Gasteiger partial charge in [-0.05, 0) is 0 Å². The molecule has 0 aromatic carbocycles. The van der Waals surface area contributed by atoms with E-state index in [1.165, 1.54) is 11.8 Å². The van der Waals surface area contributed by atoms with Gasteiger partial charge in [0, 0.05) is 19.4 Å². The maximum atomic E-state index is 11.0. The minimum Gasteiger partial charge on any atom is -0.481 e. The van der Waals surface area contributed by atoms with Crippen LogP contribution in [0.2, 0.25) is 0 Å². The highest BCUT2D eigenvalue weighted by Gasteiger charge is 2.01. The Morgan fingerprint density at radius 2 is 2.21 bits per heavy atom. The van der Waals surface area contributed by atoms with Gasteiger partial charge in [0.15, 0.2) is 0 Å². The Hall–Kier alpha value is -0.750. The number of carbonyl (C=O) groups is 2. The van der Waals surface area contributed by atoms with Gasteiger partial charge in [0.2, 0.25) is 5.91 Å². The highest BCUT2D eigenvalue weighted by molar-refractivity contribution is 7.99. The summed E-state index contributed by atoms with van der Waals surface area (Å²) in [7, 11) is 1.56. The molecule has 0 radical (unpaired) electrons. The summed E-state index contributed by atoms with van der Waals surface area (Å²) in [4.78, 5) is 21.2. The minimum absolute atomic E-state index is 0.0857. The number of carboxylic acid groups (broad SMARTS) is 1. The summed E-state index contributed by atoms with van der Waals surface area (Å²) in [6, 6.07) is 0. The number of ether oxygens (including phenoxy) is 1. The molecule has 0 heterocycles. The van der Waals surface area contributed by atoms with E-state index in [9.17, 15) is 9.59 Å². The lowest BCUT2D eigenvalue weighted by atomic mass is 10.5. The van der Waals surface area contributed by atoms with Crippen LogP contribution in [0.4, 0.5) is 0 Å². The predicted octanol–water partition coefficient (Wildman–Crippen LogP) is -0.0431. The molecule has 2 N–H and O–H groups in total. The van der Waals surface area contributed by atoms with Crippen molar-refractivity contribution >= 4 is 23.6 Å². The van der Waals surface area contributed by atoms with Gasteiger partial charge in [0.05, 0.1) is 18.8 Å². The number of hydrogen-bond donors (Lipinski definition) is 2. The van der Waals surface area contributed by atoms with Gasteiger partial charge in [-0.15, -0.1) is 0 Å². The molecule has 5 nitrogen and oxygen atoms in total. The SMILES string of the molecule is COCCNC(=O)CSCCC(=O)O. The van der Waals surface area contributed by atoms with Crippen molar-refractivity contribution in [2.75, 3.05) is 31.8 Å². The number of carboxylic acids is 1. The van der Waals surface area contributed by atoms with Crippen LogP contribution in [0.1, 0.15) is 6.42 Å². The molecule has 6 heteroatoms. The summed E-state index contributed by atoms with van der Waals surface area (Å²) in [5, 5.41) is 11.0. The largest absolute Gasteiger partial charge is 0.481 e. The Labute approximate surface area is 87.2 Å². The van der Waals surface area contributed by atoms with Gasteiger partial charge in [-0.2, -0.15) is 11.8 Å². The molecule has 0 fully saturated rings. The lowest BCUT2D eigenvalue weighted by molar-refractivity contribution is -0.136. The second-order valence-electron chi connectivity index (χ2n) is 2.54. The zero-order valence-corrected chi connectivity index (χ0v) is 8.93. The smallest absolute Gasteiger partial charge is 0.304 e. The predicted molar refractivity (Wildman–Crippen MR) is 54.5 cm³/mol. The number of aliphatic carboxylic acids is 1. The summed E-state index contributed by atoms with van der Waals surface area (Å²) in [5.41, 5.74) is 0. The maximum Gasteiger partial charge on any atom is 0.304 e. The van der Waals surface area contributed by atoms with Crippen LogP contribution in [-0.4, -0.2) is 48.8 Å². The third-order valence-corrected chi connectivity index (χ3v) is 2.28. The monoisotopic (exact) mass is 221 g/mol. The van der Waals surface area contributed by atoms with E-state index >= 15 is 0 Å². The first kappa shape index (κ1) is 13.2. The first-order chi connectivity index (χ1) is 6.66. The van der Waals surface area contributed by atoms with Crippen LogP contribution >= 0.6 is 11.8 Å². The second-order valence-corrected chi connectivity index (χ2v) is 3.64. The van der Waals surface area contributed by atoms with Crippen molar-refractivity contribution in [3.8, 4) is 0 Å². The van der Waals surface area contributed by atoms with E-state index < -0.39 is 5.97 Å². The van der Waals surface area contributed by atoms with Crippen molar-refractivity contribution in [1.82, 2.24) is 5.32 Å². The van der Waals surface area contributed by atoms with Crippen LogP contribution in [0.25, 0.3) is 0 Å². The fourth-order valence-corrected chi connectivity index (χ4v) is 1.42. The van der Waals surface area contributed by atoms with Gasteiger partial charge in [-0.25, -0.2) is 0 Å². The quantitative estimate of drug-likeness (QED) is 0.562. The molecular weight excluding hydrogens is 206 g/mol. The minimum atomic E-state index is -0.836. The van der Waals surface area contributed by atoms with Gasteiger partial charge in [0.1, 0.15) is 0 Å². The standard InChI is InChI=1S/C8H15NO4S/c1-13-4-3-9-7(10)6-14-5-2-8(11)12/h2-6H2,1H3,(H,9,10)(H,11,12). The molecule has 0 atom stereocenters. The van der Waals surface area contributed by atoms with Crippen molar-refractivity contribution < 1.29 is 19.4 Å². The Kier molecular flexibility index (Phi) is 8.36. The van der Waals surface area contributed by atoms with Crippen molar-refractivity contribution in [2.45, 2.75) is 6.42 Å². The number of methoxy groups -OCH3 is 1. The van der Waals surface area contributed by atoms with Crippen molar-refractivity contribution in [1.29, 1.82) is 0 Å². The summed E-state index contributed by atoms with van der Waals surface area (Å²) in [5.74, 6) is -0.154. The van der Waals surface area contributed by atoms with Crippen LogP contribution < -0.4 is 5.32 Å². The molecule has 0 aliphatic carbocycles. The Bertz CT molecular complexity index is 186. The Balaban J connectivity index is 3.22. The van der Waals surface area contributed by atoms with Crippen LogP contribution in [0, 0.1) is 0 Å². The number of amides is 1. The third-order valence-electron chi connectivity index (χ3n) is 1.32. The topological polar surface area (TPSA) is 75.6 Å². The first-order valence-electron chi connectivity index (χ1n) is 4.22. The number of nitrogens with one attached hydrogen (secondary N) is 1. The summed E-state index contributed by atoms with van der Waals surface area (Å²) in [6.07, 6.45) is 0.0933. The van der Waals surface area contributed by atoms with Gasteiger partial charge in [-0.1, -0.05) is 0 Å². The number of rotatable bonds is 8. The maximum absolute atomic E-state index is 11.0. The number of hydrogen-bond acceptors (Lipinski definition) is 4. The van der Waals surface area contributed by atoms with Crippen LogP contribution in [0.3, 0.4) is 0 Å². The molecule has 82 valence electrons. The lowest BCUT2D eigenvalue weighted by Crippen LogP contribution is -2.28. The van der Waals surface area contributed by atoms with Gasteiger partial charge in [0.25, 0.3) is 0 Å². The van der Waals surface area contributed by atoms with E-state index in [1.807, 2.05) is 0 Å². The molecule has 0 aromatic rings. The molecule has 1 amide bonds. The Morgan fingerprint density at radius 1 is 1.50 bits per heavy atom. The highest BCUT2D eigenvalue weighted by atomic mass is 32.2. The van der Waals surface area contributed by atoms with Gasteiger partial charge in [-0.3, -0.25) is 9.59 Å². The van der Waals surface area contributed by atoms with Crippen molar-refractivity contribution in [2.24, 2.45) is 0 Å². The lowest BCUT2D eigenvalue weighted by Gasteiger charge is -2.03. The second kappa shape index (κ2) is 8.83. The molecule has 0 spiro atoms. The van der Waals surface area contributed by atoms with Crippen LogP contribution in [-0.2, 0) is 14.3 Å². The van der Waals surface area contributed by atoms with Crippen LogP contribution in [0.15, 0.2) is 0 Å². The fraction of sp³-hybridized carbons (Fsp3) is 0.750. The molecule has 0 rings (SSSR count). The van der Waals surface area contributed by atoms with Crippen LogP contribution in [0.5, 0.6) is 0 Å². The number of carbonyl (C=O) groups excluding carboxylic acids is 1. The summed E-state index contributed by atoms with van der Waals surface area (Å²) >= 11 is 1.31. The zero-order valence-electron chi connectivity index (χ0n) is 8.12. The third kappa shape index (κ3) is 9.34. The molecule has 0 unspecified atom stereocenters. The van der Waals surface area contributed by atoms with Gasteiger partial charge >= 0.3 is 5.97 Å². The molecule has 0 aliphatic rings. The van der Waals surface area contributed by atoms with E-state index in [0.29, 0.717) is 24.7 Å². The molecule has 14 heavy (non-hydrogen) atoms. The van der Waals surface area contributed by atoms with Crippen molar-refractivity contribution in [3.63, 3.8) is 0 Å². The molecule has 0 aliphatic heterocycles. The highest BCUT2D eigenvalue weighted by Crippen LogP contribution is 2.01. The van der Waals surface area contributed by atoms with E-state index in [4.69, 9.17) is 9.84 Å². The number of thioether (sulfide) groups is 1. The Morgan fingerprint density at radius 3 is 2.79 bits per heavy atom.